The van der Waals surface area contributed by atoms with E-state index < -0.39 is 9.84 Å². The molecule has 1 aromatic heterocycles. The van der Waals surface area contributed by atoms with Gasteiger partial charge in [-0.05, 0) is 11.6 Å². The van der Waals surface area contributed by atoms with Gasteiger partial charge in [-0.2, -0.15) is 0 Å². The lowest BCUT2D eigenvalue weighted by Crippen LogP contribution is -1.98. The molecule has 0 spiro atoms. The molecule has 1 radical (unpaired) electrons. The average Bonchev–Trinajstić information content (AvgIpc) is 2.49. The second kappa shape index (κ2) is 3.33. The summed E-state index contributed by atoms with van der Waals surface area (Å²) in [6.07, 6.45) is 3.10. The Labute approximate surface area is 86.3 Å². The summed E-state index contributed by atoms with van der Waals surface area (Å²) in [4.78, 5) is 4.13. The van der Waals surface area contributed by atoms with Crippen molar-refractivity contribution in [1.29, 1.82) is 0 Å². The van der Waals surface area contributed by atoms with Crippen molar-refractivity contribution in [1.82, 2.24) is 4.98 Å². The lowest BCUT2D eigenvalue weighted by atomic mass is 10.2. The minimum atomic E-state index is -3.23. The van der Waals surface area contributed by atoms with Gasteiger partial charge in [-0.15, -0.1) is 11.3 Å². The topological polar surface area (TPSA) is 47.0 Å². The molecule has 2 aromatic rings. The van der Waals surface area contributed by atoms with E-state index >= 15 is 0 Å². The molecule has 1 aromatic carbocycles. The number of benzene rings is 1. The molecule has 3 nitrogen and oxygen atoms in total. The van der Waals surface area contributed by atoms with Crippen molar-refractivity contribution in [2.45, 2.75) is 5.75 Å². The maximum Gasteiger partial charge on any atom is 0.155 e. The largest absolute Gasteiger partial charge is 0.244 e. The van der Waals surface area contributed by atoms with Crippen LogP contribution in [-0.4, -0.2) is 13.4 Å². The molecule has 0 N–H and O–H groups in total. The minimum absolute atomic E-state index is 0.0475. The van der Waals surface area contributed by atoms with E-state index in [0.717, 1.165) is 15.8 Å². The lowest BCUT2D eigenvalue weighted by Gasteiger charge is -1.99. The van der Waals surface area contributed by atoms with Crippen molar-refractivity contribution in [3.63, 3.8) is 0 Å². The number of hydrogen-bond donors (Lipinski definition) is 0. The zero-order chi connectivity index (χ0) is 10.2. The number of nitrogens with zero attached hydrogens (tertiary/aromatic N) is 1. The van der Waals surface area contributed by atoms with Gasteiger partial charge in [0.05, 0.1) is 27.7 Å². The van der Waals surface area contributed by atoms with Gasteiger partial charge in [0.25, 0.3) is 0 Å². The molecule has 14 heavy (non-hydrogen) atoms. The van der Waals surface area contributed by atoms with Crippen LogP contribution in [0.2, 0.25) is 0 Å². The van der Waals surface area contributed by atoms with Gasteiger partial charge in [0.2, 0.25) is 0 Å². The number of aromatic nitrogens is 1. The fourth-order valence-corrected chi connectivity index (χ4v) is 2.73. The maximum atomic E-state index is 11.0. The Bertz CT molecular complexity index is 557. The highest BCUT2D eigenvalue weighted by Gasteiger charge is 2.09. The molecule has 0 aliphatic rings. The third-order valence-corrected chi connectivity index (χ3v) is 3.36. The normalized spacial score (nSPS) is 12.1. The Balaban J connectivity index is 2.57. The average molecular weight is 226 g/mol. The van der Waals surface area contributed by atoms with Crippen LogP contribution in [0.15, 0.2) is 23.7 Å². The molecule has 0 saturated heterocycles. The molecule has 5 heteroatoms. The number of rotatable bonds is 2. The molecule has 0 unspecified atom stereocenters. The Hall–Kier alpha value is -0.940. The van der Waals surface area contributed by atoms with Gasteiger partial charge in [-0.3, -0.25) is 0 Å². The van der Waals surface area contributed by atoms with E-state index in [-0.39, 0.29) is 5.75 Å². The Kier molecular flexibility index (Phi) is 2.28. The highest BCUT2D eigenvalue weighted by Crippen LogP contribution is 2.22. The highest BCUT2D eigenvalue weighted by atomic mass is 32.2. The van der Waals surface area contributed by atoms with E-state index in [1.807, 2.05) is 12.1 Å². The molecule has 0 bridgehead atoms. The maximum absolute atomic E-state index is 11.0. The van der Waals surface area contributed by atoms with Crippen molar-refractivity contribution in [3.8, 4) is 0 Å². The van der Waals surface area contributed by atoms with E-state index in [2.05, 4.69) is 11.2 Å². The number of thiazole rings is 1. The molecule has 0 aliphatic heterocycles. The first kappa shape index (κ1) is 9.61. The van der Waals surface area contributed by atoms with Crippen molar-refractivity contribution < 1.29 is 8.42 Å². The highest BCUT2D eigenvalue weighted by molar-refractivity contribution is 7.91. The summed E-state index contributed by atoms with van der Waals surface area (Å²) in [6.45, 7) is 0. The Morgan fingerprint density at radius 3 is 2.93 bits per heavy atom. The van der Waals surface area contributed by atoms with Gasteiger partial charge < -0.3 is 0 Å². The summed E-state index contributed by atoms with van der Waals surface area (Å²) >= 11 is 1.50. The van der Waals surface area contributed by atoms with Crippen LogP contribution in [0.4, 0.5) is 0 Å². The van der Waals surface area contributed by atoms with Crippen molar-refractivity contribution in [2.75, 3.05) is 0 Å². The lowest BCUT2D eigenvalue weighted by molar-refractivity contribution is 0.603. The Morgan fingerprint density at radius 2 is 2.21 bits per heavy atom. The number of fused-ring (bicyclic) bond motifs is 1. The minimum Gasteiger partial charge on any atom is -0.244 e. The molecule has 0 saturated carbocycles. The molecule has 1 heterocycles. The van der Waals surface area contributed by atoms with Crippen molar-refractivity contribution in [2.24, 2.45) is 0 Å². The molecule has 73 valence electrons. The summed E-state index contributed by atoms with van der Waals surface area (Å²) in [7, 11) is -3.23. The van der Waals surface area contributed by atoms with Crippen molar-refractivity contribution >= 4 is 31.4 Å². The summed E-state index contributed by atoms with van der Waals surface area (Å²) in [5, 5.41) is 0. The fourth-order valence-electron chi connectivity index (χ4n) is 1.30. The van der Waals surface area contributed by atoms with E-state index in [9.17, 15) is 8.42 Å². The van der Waals surface area contributed by atoms with Crippen LogP contribution in [0.5, 0.6) is 0 Å². The third-order valence-electron chi connectivity index (χ3n) is 1.82. The van der Waals surface area contributed by atoms with Gasteiger partial charge in [0.1, 0.15) is 0 Å². The van der Waals surface area contributed by atoms with Gasteiger partial charge in [-0.25, -0.2) is 13.4 Å². The smallest absolute Gasteiger partial charge is 0.155 e. The first-order valence-electron chi connectivity index (χ1n) is 3.93. The number of para-hydroxylation sites is 1. The van der Waals surface area contributed by atoms with Crippen LogP contribution in [0.3, 0.4) is 0 Å². The molecule has 0 atom stereocenters. The summed E-state index contributed by atoms with van der Waals surface area (Å²) < 4.78 is 23.1. The summed E-state index contributed by atoms with van der Waals surface area (Å²) in [5.41, 5.74) is 3.20. The monoisotopic (exact) mass is 226 g/mol. The first-order valence-corrected chi connectivity index (χ1v) is 6.63. The zero-order valence-corrected chi connectivity index (χ0v) is 8.94. The second-order valence-electron chi connectivity index (χ2n) is 3.00. The first-order chi connectivity index (χ1) is 6.56. The SMILES string of the molecule is [CH2]S(=O)(=O)Cc1cccc2scnc12. The summed E-state index contributed by atoms with van der Waals surface area (Å²) in [5.74, 6) is -0.0475. The van der Waals surface area contributed by atoms with E-state index in [0.29, 0.717) is 0 Å². The number of sulfone groups is 1. The molecule has 0 amide bonds. The van der Waals surface area contributed by atoms with Gasteiger partial charge >= 0.3 is 0 Å². The van der Waals surface area contributed by atoms with Gasteiger partial charge in [-0.1, -0.05) is 12.1 Å². The van der Waals surface area contributed by atoms with Crippen LogP contribution in [0.1, 0.15) is 5.56 Å². The van der Waals surface area contributed by atoms with Crippen LogP contribution in [-0.2, 0) is 15.6 Å². The molecular formula is C9H8NO2S2. The fraction of sp³-hybridized carbons (Fsp3) is 0.111. The van der Waals surface area contributed by atoms with Gasteiger partial charge in [0.15, 0.2) is 9.84 Å². The Morgan fingerprint density at radius 1 is 1.43 bits per heavy atom. The van der Waals surface area contributed by atoms with Crippen LogP contribution in [0.25, 0.3) is 10.2 Å². The third kappa shape index (κ3) is 1.93. The molecule has 0 aliphatic carbocycles. The molecule has 2 rings (SSSR count). The van der Waals surface area contributed by atoms with Crippen LogP contribution in [0, 0.1) is 6.26 Å². The van der Waals surface area contributed by atoms with Gasteiger partial charge in [0, 0.05) is 0 Å². The van der Waals surface area contributed by atoms with E-state index in [1.165, 1.54) is 11.3 Å². The van der Waals surface area contributed by atoms with Crippen LogP contribution >= 0.6 is 11.3 Å². The predicted molar refractivity (Wildman–Crippen MR) is 57.6 cm³/mol. The van der Waals surface area contributed by atoms with E-state index in [4.69, 9.17) is 0 Å². The standard InChI is InChI=1S/C9H8NO2S2/c1-14(11,12)5-7-3-2-4-8-9(7)10-6-13-8/h2-4,6H,1,5H2. The molecule has 0 fully saturated rings. The van der Waals surface area contributed by atoms with E-state index in [1.54, 1.807) is 11.6 Å². The van der Waals surface area contributed by atoms with Crippen molar-refractivity contribution in [3.05, 3.63) is 35.5 Å². The summed E-state index contributed by atoms with van der Waals surface area (Å²) in [6, 6.07) is 5.53. The number of hydrogen-bond acceptors (Lipinski definition) is 4. The van der Waals surface area contributed by atoms with Crippen LogP contribution < -0.4 is 0 Å². The zero-order valence-electron chi connectivity index (χ0n) is 7.30. The predicted octanol–water partition coefficient (Wildman–Crippen LogP) is 2.00. The quantitative estimate of drug-likeness (QED) is 0.787. The molecular weight excluding hydrogens is 218 g/mol. The second-order valence-corrected chi connectivity index (χ2v) is 5.67.